The molecule has 0 fully saturated rings. The van der Waals surface area contributed by atoms with Crippen LogP contribution < -0.4 is 5.32 Å². The van der Waals surface area contributed by atoms with E-state index in [4.69, 9.17) is 11.6 Å². The van der Waals surface area contributed by atoms with Crippen LogP contribution in [0.3, 0.4) is 0 Å². The highest BCUT2D eigenvalue weighted by Gasteiger charge is 2.21. The van der Waals surface area contributed by atoms with Gasteiger partial charge in [-0.25, -0.2) is 0 Å². The van der Waals surface area contributed by atoms with E-state index in [2.05, 4.69) is 26.3 Å². The molecule has 0 aliphatic heterocycles. The van der Waals surface area contributed by atoms with Gasteiger partial charge in [0.25, 0.3) is 11.6 Å². The van der Waals surface area contributed by atoms with Crippen LogP contribution in [0.25, 0.3) is 0 Å². The number of nitrogens with zero attached hydrogens (tertiary/aromatic N) is 3. The van der Waals surface area contributed by atoms with E-state index in [0.717, 1.165) is 5.56 Å². The third-order valence-electron chi connectivity index (χ3n) is 3.58. The number of carbonyl (C=O) groups excluding carboxylic acids is 1. The number of amides is 1. The van der Waals surface area contributed by atoms with Gasteiger partial charge < -0.3 is 5.32 Å². The number of carbonyl (C=O) groups is 1. The molecule has 26 heavy (non-hydrogen) atoms. The summed E-state index contributed by atoms with van der Waals surface area (Å²) in [4.78, 5) is 22.9. The topological polar surface area (TPSA) is 90.1 Å². The number of aromatic nitrogens is 2. The number of para-hydroxylation sites is 1. The summed E-state index contributed by atoms with van der Waals surface area (Å²) < 4.78 is 2.16. The van der Waals surface area contributed by atoms with Crippen LogP contribution in [0.1, 0.15) is 15.9 Å². The lowest BCUT2D eigenvalue weighted by Crippen LogP contribution is -2.15. The number of halogens is 2. The first kappa shape index (κ1) is 18.1. The fraction of sp³-hybridized carbons (Fsp3) is 0.0588. The van der Waals surface area contributed by atoms with Crippen molar-refractivity contribution in [3.05, 3.63) is 85.5 Å². The van der Waals surface area contributed by atoms with E-state index >= 15 is 0 Å². The monoisotopic (exact) mass is 434 g/mol. The molecule has 1 aromatic heterocycles. The summed E-state index contributed by atoms with van der Waals surface area (Å²) >= 11 is 9.48. The number of hydrogen-bond acceptors (Lipinski definition) is 4. The van der Waals surface area contributed by atoms with E-state index in [-0.39, 0.29) is 17.1 Å². The van der Waals surface area contributed by atoms with E-state index < -0.39 is 10.8 Å². The maximum absolute atomic E-state index is 12.4. The Bertz CT molecular complexity index is 990. The van der Waals surface area contributed by atoms with Gasteiger partial charge in [-0.1, -0.05) is 41.9 Å². The van der Waals surface area contributed by atoms with Gasteiger partial charge in [0.15, 0.2) is 5.82 Å². The number of nitro groups is 1. The average Bonchev–Trinajstić information content (AvgIpc) is 2.96. The molecule has 0 aliphatic carbocycles. The lowest BCUT2D eigenvalue weighted by molar-refractivity contribution is -0.385. The molecular formula is C17H12BrClN4O3. The molecule has 1 amide bonds. The van der Waals surface area contributed by atoms with Crippen LogP contribution >= 0.6 is 27.5 Å². The van der Waals surface area contributed by atoms with Crippen molar-refractivity contribution in [1.82, 2.24) is 9.78 Å². The van der Waals surface area contributed by atoms with Crippen LogP contribution in [0, 0.1) is 10.1 Å². The maximum Gasteiger partial charge on any atom is 0.282 e. The fourth-order valence-corrected chi connectivity index (χ4v) is 2.97. The Hall–Kier alpha value is -2.71. The smallest absolute Gasteiger partial charge is 0.282 e. The first-order valence-corrected chi connectivity index (χ1v) is 8.64. The van der Waals surface area contributed by atoms with Crippen molar-refractivity contribution >= 4 is 44.9 Å². The first-order valence-electron chi connectivity index (χ1n) is 7.47. The maximum atomic E-state index is 12.4. The SMILES string of the molecule is O=C(Nc1nn(Cc2ccccc2Cl)cc1Br)c1ccccc1[N+](=O)[O-]. The van der Waals surface area contributed by atoms with Crippen molar-refractivity contribution < 1.29 is 9.72 Å². The molecule has 7 nitrogen and oxygen atoms in total. The van der Waals surface area contributed by atoms with Crippen LogP contribution in [0.5, 0.6) is 0 Å². The highest BCUT2D eigenvalue weighted by atomic mass is 79.9. The zero-order chi connectivity index (χ0) is 18.7. The molecule has 0 unspecified atom stereocenters. The van der Waals surface area contributed by atoms with Gasteiger partial charge >= 0.3 is 0 Å². The highest BCUT2D eigenvalue weighted by Crippen LogP contribution is 2.24. The number of hydrogen-bond donors (Lipinski definition) is 1. The van der Waals surface area contributed by atoms with Gasteiger partial charge in [0.05, 0.1) is 15.9 Å². The molecule has 9 heteroatoms. The van der Waals surface area contributed by atoms with Gasteiger partial charge in [0, 0.05) is 17.3 Å². The Morgan fingerprint density at radius 3 is 2.65 bits per heavy atom. The molecule has 1 heterocycles. The fourth-order valence-electron chi connectivity index (χ4n) is 2.36. The Kier molecular flexibility index (Phi) is 5.34. The molecule has 0 atom stereocenters. The van der Waals surface area contributed by atoms with Gasteiger partial charge in [-0.2, -0.15) is 5.10 Å². The minimum absolute atomic E-state index is 0.0370. The zero-order valence-electron chi connectivity index (χ0n) is 13.2. The molecule has 2 aromatic carbocycles. The van der Waals surface area contributed by atoms with E-state index in [1.54, 1.807) is 23.0 Å². The lowest BCUT2D eigenvalue weighted by Gasteiger charge is -2.05. The molecule has 0 radical (unpaired) electrons. The van der Waals surface area contributed by atoms with Gasteiger partial charge in [-0.3, -0.25) is 19.6 Å². The predicted octanol–water partition coefficient (Wildman–Crippen LogP) is 4.51. The third-order valence-corrected chi connectivity index (χ3v) is 4.53. The van der Waals surface area contributed by atoms with Crippen LogP contribution in [0.15, 0.2) is 59.2 Å². The van der Waals surface area contributed by atoms with Crippen molar-refractivity contribution in [1.29, 1.82) is 0 Å². The molecule has 132 valence electrons. The van der Waals surface area contributed by atoms with Crippen molar-refractivity contribution in [2.45, 2.75) is 6.54 Å². The average molecular weight is 436 g/mol. The lowest BCUT2D eigenvalue weighted by atomic mass is 10.1. The largest absolute Gasteiger partial charge is 0.304 e. The summed E-state index contributed by atoms with van der Waals surface area (Å²) in [6.45, 7) is 0.416. The van der Waals surface area contributed by atoms with E-state index in [0.29, 0.717) is 16.0 Å². The van der Waals surface area contributed by atoms with Gasteiger partial charge in [0.2, 0.25) is 0 Å². The summed E-state index contributed by atoms with van der Waals surface area (Å²) in [6.07, 6.45) is 1.69. The summed E-state index contributed by atoms with van der Waals surface area (Å²) in [5, 5.41) is 18.6. The van der Waals surface area contributed by atoms with Gasteiger partial charge in [0.1, 0.15) is 5.56 Å². The Labute approximate surface area is 161 Å². The summed E-state index contributed by atoms with van der Waals surface area (Å²) in [5.74, 6) is -0.346. The number of nitro benzene ring substituents is 1. The molecule has 3 aromatic rings. The standard InChI is InChI=1S/C17H12BrClN4O3/c18-13-10-22(9-11-5-1-3-7-14(11)19)21-16(13)20-17(24)12-6-2-4-8-15(12)23(25)26/h1-8,10H,9H2,(H,20,21,24). The van der Waals surface area contributed by atoms with Crippen molar-refractivity contribution in [3.63, 3.8) is 0 Å². The molecule has 0 saturated heterocycles. The molecule has 0 aliphatic rings. The van der Waals surface area contributed by atoms with E-state index in [1.807, 2.05) is 18.2 Å². The zero-order valence-corrected chi connectivity index (χ0v) is 15.6. The van der Waals surface area contributed by atoms with Gasteiger partial charge in [-0.05, 0) is 33.6 Å². The van der Waals surface area contributed by atoms with Crippen molar-refractivity contribution in [3.8, 4) is 0 Å². The number of anilines is 1. The molecular weight excluding hydrogens is 424 g/mol. The molecule has 1 N–H and O–H groups in total. The summed E-state index contributed by atoms with van der Waals surface area (Å²) in [7, 11) is 0. The Morgan fingerprint density at radius 1 is 1.23 bits per heavy atom. The Morgan fingerprint density at radius 2 is 1.92 bits per heavy atom. The molecule has 0 bridgehead atoms. The van der Waals surface area contributed by atoms with Crippen LogP contribution in [0.4, 0.5) is 11.5 Å². The minimum atomic E-state index is -0.610. The summed E-state index contributed by atoms with van der Waals surface area (Å²) in [5.41, 5.74) is 0.572. The van der Waals surface area contributed by atoms with E-state index in [1.165, 1.54) is 18.2 Å². The highest BCUT2D eigenvalue weighted by molar-refractivity contribution is 9.10. The first-order chi connectivity index (χ1) is 12.5. The molecule has 3 rings (SSSR count). The predicted molar refractivity (Wildman–Crippen MR) is 102 cm³/mol. The number of nitrogens with one attached hydrogen (secondary N) is 1. The normalized spacial score (nSPS) is 10.5. The minimum Gasteiger partial charge on any atom is -0.304 e. The number of benzene rings is 2. The Balaban J connectivity index is 1.81. The third kappa shape index (κ3) is 3.92. The molecule has 0 spiro atoms. The quantitative estimate of drug-likeness (QED) is 0.472. The van der Waals surface area contributed by atoms with E-state index in [9.17, 15) is 14.9 Å². The van der Waals surface area contributed by atoms with Crippen LogP contribution in [-0.2, 0) is 6.54 Å². The van der Waals surface area contributed by atoms with Crippen molar-refractivity contribution in [2.24, 2.45) is 0 Å². The second-order valence-corrected chi connectivity index (χ2v) is 6.60. The second kappa shape index (κ2) is 7.67. The number of rotatable bonds is 5. The van der Waals surface area contributed by atoms with Crippen LogP contribution in [-0.4, -0.2) is 20.6 Å². The second-order valence-electron chi connectivity index (χ2n) is 5.34. The van der Waals surface area contributed by atoms with Gasteiger partial charge in [-0.15, -0.1) is 0 Å². The van der Waals surface area contributed by atoms with Crippen molar-refractivity contribution in [2.75, 3.05) is 5.32 Å². The van der Waals surface area contributed by atoms with Crippen LogP contribution in [0.2, 0.25) is 5.02 Å². The summed E-state index contributed by atoms with van der Waals surface area (Å²) in [6, 6.07) is 13.1. The molecule has 0 saturated carbocycles.